The average molecular weight is 315 g/mol. The van der Waals surface area contributed by atoms with Crippen LogP contribution in [0.3, 0.4) is 0 Å². The number of halogens is 1. The van der Waals surface area contributed by atoms with Crippen LogP contribution in [0.5, 0.6) is 0 Å². The fourth-order valence-corrected chi connectivity index (χ4v) is 3.03. The van der Waals surface area contributed by atoms with Crippen molar-refractivity contribution in [1.82, 2.24) is 9.88 Å². The van der Waals surface area contributed by atoms with Crippen LogP contribution in [0.1, 0.15) is 18.1 Å². The third-order valence-corrected chi connectivity index (χ3v) is 4.27. The van der Waals surface area contributed by atoms with Gasteiger partial charge in [-0.2, -0.15) is 0 Å². The third-order valence-electron chi connectivity index (χ3n) is 4.27. The van der Waals surface area contributed by atoms with Gasteiger partial charge in [-0.05, 0) is 48.7 Å². The molecule has 2 heterocycles. The van der Waals surface area contributed by atoms with E-state index in [0.717, 1.165) is 31.9 Å². The van der Waals surface area contributed by atoms with Crippen molar-refractivity contribution in [3.63, 3.8) is 0 Å². The number of likely N-dealkylation sites (tertiary alicyclic amines) is 1. The number of pyridine rings is 1. The summed E-state index contributed by atoms with van der Waals surface area (Å²) in [6.45, 7) is 3.32. The monoisotopic (exact) mass is 315 g/mol. The molecule has 1 saturated heterocycles. The van der Waals surface area contributed by atoms with E-state index in [1.54, 1.807) is 18.3 Å². The highest BCUT2D eigenvalue weighted by Gasteiger charge is 2.24. The van der Waals surface area contributed by atoms with Gasteiger partial charge in [0.15, 0.2) is 0 Å². The van der Waals surface area contributed by atoms with E-state index in [2.05, 4.69) is 15.2 Å². The number of rotatable bonds is 6. The summed E-state index contributed by atoms with van der Waals surface area (Å²) in [5, 5.41) is 13.6. The van der Waals surface area contributed by atoms with E-state index in [4.69, 9.17) is 0 Å². The van der Waals surface area contributed by atoms with Crippen LogP contribution in [0.2, 0.25) is 0 Å². The molecule has 2 N–H and O–H groups in total. The molecule has 0 bridgehead atoms. The first-order valence-corrected chi connectivity index (χ1v) is 8.01. The summed E-state index contributed by atoms with van der Waals surface area (Å²) in [5.74, 6) is 1.13. The van der Waals surface area contributed by atoms with Gasteiger partial charge in [-0.25, -0.2) is 9.37 Å². The number of hydrogen-bond donors (Lipinski definition) is 2. The lowest BCUT2D eigenvalue weighted by Crippen LogP contribution is -2.27. The van der Waals surface area contributed by atoms with Gasteiger partial charge in [-0.3, -0.25) is 0 Å². The summed E-state index contributed by atoms with van der Waals surface area (Å²) in [7, 11) is 0. The molecule has 2 atom stereocenters. The summed E-state index contributed by atoms with van der Waals surface area (Å²) in [4.78, 5) is 6.49. The van der Waals surface area contributed by atoms with Crippen molar-refractivity contribution in [2.75, 3.05) is 31.5 Å². The topological polar surface area (TPSA) is 48.4 Å². The molecule has 0 unspecified atom stereocenters. The maximum absolute atomic E-state index is 13.2. The molecule has 0 amide bonds. The second-order valence-corrected chi connectivity index (χ2v) is 6.08. The summed E-state index contributed by atoms with van der Waals surface area (Å²) < 4.78 is 13.2. The zero-order valence-corrected chi connectivity index (χ0v) is 13.0. The normalized spacial score (nSPS) is 19.7. The van der Waals surface area contributed by atoms with Crippen molar-refractivity contribution < 1.29 is 9.50 Å². The van der Waals surface area contributed by atoms with Crippen molar-refractivity contribution >= 4 is 5.82 Å². The molecular formula is C18H22FN3O. The van der Waals surface area contributed by atoms with Crippen LogP contribution in [0.4, 0.5) is 10.2 Å². The van der Waals surface area contributed by atoms with Crippen molar-refractivity contribution in [2.24, 2.45) is 5.92 Å². The van der Waals surface area contributed by atoms with Crippen LogP contribution in [0.15, 0.2) is 48.7 Å². The van der Waals surface area contributed by atoms with Crippen LogP contribution < -0.4 is 5.32 Å². The number of nitrogens with one attached hydrogen (secondary N) is 1. The van der Waals surface area contributed by atoms with E-state index in [1.165, 1.54) is 12.1 Å². The summed E-state index contributed by atoms with van der Waals surface area (Å²) in [6, 6.07) is 12.0. The molecule has 1 aromatic heterocycles. The molecule has 1 aromatic carbocycles. The van der Waals surface area contributed by atoms with Crippen LogP contribution >= 0.6 is 0 Å². The molecule has 4 nitrogen and oxygen atoms in total. The Morgan fingerprint density at radius 1 is 1.30 bits per heavy atom. The quantitative estimate of drug-likeness (QED) is 0.860. The van der Waals surface area contributed by atoms with Crippen LogP contribution in [0.25, 0.3) is 0 Å². The predicted molar refractivity (Wildman–Crippen MR) is 88.6 cm³/mol. The number of β-amino-alcohol motifs (C(OH)–C–C–N with tert-alkyl or cyclic N) is 1. The Balaban J connectivity index is 1.46. The van der Waals surface area contributed by atoms with Gasteiger partial charge >= 0.3 is 0 Å². The smallest absolute Gasteiger partial charge is 0.125 e. The molecule has 1 aliphatic heterocycles. The molecule has 5 heteroatoms. The van der Waals surface area contributed by atoms with E-state index in [9.17, 15) is 9.50 Å². The van der Waals surface area contributed by atoms with E-state index in [1.807, 2.05) is 18.2 Å². The van der Waals surface area contributed by atoms with Gasteiger partial charge in [0.05, 0.1) is 6.10 Å². The first kappa shape index (κ1) is 15.9. The van der Waals surface area contributed by atoms with E-state index in [-0.39, 0.29) is 5.82 Å². The molecule has 3 rings (SSSR count). The van der Waals surface area contributed by atoms with Crippen LogP contribution in [0, 0.1) is 11.7 Å². The van der Waals surface area contributed by atoms with Gasteiger partial charge in [0.1, 0.15) is 11.6 Å². The number of benzene rings is 1. The maximum atomic E-state index is 13.2. The number of nitrogens with zero attached hydrogens (tertiary/aromatic N) is 2. The largest absolute Gasteiger partial charge is 0.387 e. The second-order valence-electron chi connectivity index (χ2n) is 6.08. The summed E-state index contributed by atoms with van der Waals surface area (Å²) in [6.07, 6.45) is 2.22. The van der Waals surface area contributed by atoms with E-state index < -0.39 is 6.10 Å². The Morgan fingerprint density at radius 3 is 3.00 bits per heavy atom. The molecule has 122 valence electrons. The highest BCUT2D eigenvalue weighted by Crippen LogP contribution is 2.21. The highest BCUT2D eigenvalue weighted by atomic mass is 19.1. The molecule has 0 radical (unpaired) electrons. The summed E-state index contributed by atoms with van der Waals surface area (Å²) in [5.41, 5.74) is 0.639. The highest BCUT2D eigenvalue weighted by molar-refractivity contribution is 5.33. The maximum Gasteiger partial charge on any atom is 0.125 e. The Hall–Kier alpha value is -1.98. The van der Waals surface area contributed by atoms with Crippen molar-refractivity contribution in [1.29, 1.82) is 0 Å². The van der Waals surface area contributed by atoms with Gasteiger partial charge in [-0.15, -0.1) is 0 Å². The zero-order valence-electron chi connectivity index (χ0n) is 13.0. The number of anilines is 1. The number of aromatic nitrogens is 1. The minimum atomic E-state index is -0.645. The van der Waals surface area contributed by atoms with Gasteiger partial charge < -0.3 is 15.3 Å². The molecule has 0 saturated carbocycles. The first-order valence-electron chi connectivity index (χ1n) is 8.01. The summed E-state index contributed by atoms with van der Waals surface area (Å²) >= 11 is 0. The molecule has 0 spiro atoms. The lowest BCUT2D eigenvalue weighted by molar-refractivity contribution is 0.124. The SMILES string of the molecule is O[C@H](CN1CC[C@@H](CNc2ccccn2)C1)c1cccc(F)c1. The van der Waals surface area contributed by atoms with Gasteiger partial charge in [0.2, 0.25) is 0 Å². The molecule has 1 fully saturated rings. The van der Waals surface area contributed by atoms with Gasteiger partial charge in [0, 0.05) is 25.8 Å². The standard InChI is InChI=1S/C18H22FN3O/c19-16-5-3-4-15(10-16)17(23)13-22-9-7-14(12-22)11-21-18-6-1-2-8-20-18/h1-6,8,10,14,17,23H,7,9,11-13H2,(H,20,21)/t14-,17+/m0/s1. The molecule has 2 aromatic rings. The van der Waals surface area contributed by atoms with Crippen molar-refractivity contribution in [3.8, 4) is 0 Å². The fraction of sp³-hybridized carbons (Fsp3) is 0.389. The molecular weight excluding hydrogens is 293 g/mol. The number of aliphatic hydroxyl groups is 1. The first-order chi connectivity index (χ1) is 11.2. The van der Waals surface area contributed by atoms with Crippen LogP contribution in [-0.2, 0) is 0 Å². The van der Waals surface area contributed by atoms with Gasteiger partial charge in [0.25, 0.3) is 0 Å². The average Bonchev–Trinajstić information content (AvgIpc) is 3.01. The number of aliphatic hydroxyl groups excluding tert-OH is 1. The minimum absolute atomic E-state index is 0.305. The Kier molecular flexibility index (Phi) is 5.20. The minimum Gasteiger partial charge on any atom is -0.387 e. The molecule has 0 aliphatic carbocycles. The van der Waals surface area contributed by atoms with E-state index in [0.29, 0.717) is 18.0 Å². The lowest BCUT2D eigenvalue weighted by atomic mass is 10.1. The van der Waals surface area contributed by atoms with Crippen molar-refractivity contribution in [2.45, 2.75) is 12.5 Å². The Bertz CT molecular complexity index is 623. The number of hydrogen-bond acceptors (Lipinski definition) is 4. The zero-order chi connectivity index (χ0) is 16.1. The second kappa shape index (κ2) is 7.53. The third kappa shape index (κ3) is 4.50. The Morgan fingerprint density at radius 2 is 2.22 bits per heavy atom. The predicted octanol–water partition coefficient (Wildman–Crippen LogP) is 2.69. The van der Waals surface area contributed by atoms with Crippen LogP contribution in [-0.4, -0.2) is 41.2 Å². The fourth-order valence-electron chi connectivity index (χ4n) is 3.03. The lowest BCUT2D eigenvalue weighted by Gasteiger charge is -2.20. The van der Waals surface area contributed by atoms with E-state index >= 15 is 0 Å². The Labute approximate surface area is 136 Å². The van der Waals surface area contributed by atoms with Crippen molar-refractivity contribution in [3.05, 3.63) is 60.0 Å². The van der Waals surface area contributed by atoms with Gasteiger partial charge in [-0.1, -0.05) is 18.2 Å². The molecule has 1 aliphatic rings. The molecule has 23 heavy (non-hydrogen) atoms.